The molecule has 0 N–H and O–H groups in total. The average molecular weight is 412 g/mol. The summed E-state index contributed by atoms with van der Waals surface area (Å²) >= 11 is 0. The van der Waals surface area contributed by atoms with Crippen molar-refractivity contribution in [1.82, 2.24) is 10.2 Å². The zero-order chi connectivity index (χ0) is 21.7. The summed E-state index contributed by atoms with van der Waals surface area (Å²) in [5, 5.41) is 8.00. The first-order valence-electron chi connectivity index (χ1n) is 9.26. The van der Waals surface area contributed by atoms with E-state index in [1.807, 2.05) is 30.3 Å². The molecule has 8 nitrogen and oxygen atoms in total. The van der Waals surface area contributed by atoms with Crippen LogP contribution in [-0.2, 0) is 21.6 Å². The van der Waals surface area contributed by atoms with E-state index in [4.69, 9.17) is 23.4 Å². The van der Waals surface area contributed by atoms with E-state index in [9.17, 15) is 4.79 Å². The number of methoxy groups -OCH3 is 3. The van der Waals surface area contributed by atoms with Crippen LogP contribution in [0.2, 0.25) is 0 Å². The standard InChI is InChI=1S/C22H24N2O6/c1-22(2,15-9-7-6-8-10-15)21(25)29-13-18-23-24-20(30-18)14-11-16(26-3)19(28-5)17(12-14)27-4/h6-12H,13H2,1-5H3. The topological polar surface area (TPSA) is 92.9 Å². The van der Waals surface area contributed by atoms with Gasteiger partial charge in [-0.2, -0.15) is 0 Å². The van der Waals surface area contributed by atoms with Gasteiger partial charge >= 0.3 is 5.97 Å². The van der Waals surface area contributed by atoms with Crippen molar-refractivity contribution in [2.45, 2.75) is 25.9 Å². The van der Waals surface area contributed by atoms with Gasteiger partial charge in [0.2, 0.25) is 11.6 Å². The van der Waals surface area contributed by atoms with E-state index >= 15 is 0 Å². The Bertz CT molecular complexity index is 988. The predicted molar refractivity (Wildman–Crippen MR) is 109 cm³/mol. The fourth-order valence-corrected chi connectivity index (χ4v) is 2.91. The number of carbonyl (C=O) groups excluding carboxylic acids is 1. The van der Waals surface area contributed by atoms with Gasteiger partial charge in [0.05, 0.1) is 26.7 Å². The van der Waals surface area contributed by atoms with Crippen LogP contribution in [0.4, 0.5) is 0 Å². The van der Waals surface area contributed by atoms with Crippen LogP contribution in [0.25, 0.3) is 11.5 Å². The second-order valence-corrected chi connectivity index (χ2v) is 6.98. The van der Waals surface area contributed by atoms with Gasteiger partial charge in [0.15, 0.2) is 18.1 Å². The van der Waals surface area contributed by atoms with Crippen molar-refractivity contribution in [3.05, 3.63) is 53.9 Å². The van der Waals surface area contributed by atoms with Gasteiger partial charge in [-0.1, -0.05) is 30.3 Å². The number of nitrogens with zero attached hydrogens (tertiary/aromatic N) is 2. The summed E-state index contributed by atoms with van der Waals surface area (Å²) < 4.78 is 27.1. The maximum absolute atomic E-state index is 12.6. The summed E-state index contributed by atoms with van der Waals surface area (Å²) in [4.78, 5) is 12.6. The Morgan fingerprint density at radius 2 is 1.60 bits per heavy atom. The lowest BCUT2D eigenvalue weighted by molar-refractivity contribution is -0.151. The molecular weight excluding hydrogens is 388 g/mol. The molecule has 0 saturated carbocycles. The van der Waals surface area contributed by atoms with Crippen molar-refractivity contribution < 1.29 is 28.2 Å². The minimum Gasteiger partial charge on any atom is -0.493 e. The van der Waals surface area contributed by atoms with Crippen molar-refractivity contribution in [2.75, 3.05) is 21.3 Å². The third-order valence-electron chi connectivity index (χ3n) is 4.71. The smallest absolute Gasteiger partial charge is 0.316 e. The van der Waals surface area contributed by atoms with E-state index in [2.05, 4.69) is 10.2 Å². The van der Waals surface area contributed by atoms with Gasteiger partial charge in [-0.3, -0.25) is 4.79 Å². The van der Waals surface area contributed by atoms with Crippen molar-refractivity contribution in [2.24, 2.45) is 0 Å². The fourth-order valence-electron chi connectivity index (χ4n) is 2.91. The molecule has 1 aromatic heterocycles. The van der Waals surface area contributed by atoms with Gasteiger partial charge in [-0.05, 0) is 31.5 Å². The molecule has 0 atom stereocenters. The summed E-state index contributed by atoms with van der Waals surface area (Å²) in [6.45, 7) is 3.48. The molecule has 0 aliphatic carbocycles. The largest absolute Gasteiger partial charge is 0.493 e. The molecule has 3 rings (SSSR count). The molecule has 1 heterocycles. The number of rotatable bonds is 8. The van der Waals surface area contributed by atoms with Crippen molar-refractivity contribution in [3.63, 3.8) is 0 Å². The third-order valence-corrected chi connectivity index (χ3v) is 4.71. The molecule has 2 aromatic carbocycles. The van der Waals surface area contributed by atoms with E-state index in [1.54, 1.807) is 26.0 Å². The lowest BCUT2D eigenvalue weighted by Gasteiger charge is -2.22. The minimum atomic E-state index is -0.805. The van der Waals surface area contributed by atoms with E-state index < -0.39 is 5.41 Å². The van der Waals surface area contributed by atoms with Gasteiger partial charge < -0.3 is 23.4 Å². The summed E-state index contributed by atoms with van der Waals surface area (Å²) in [5.74, 6) is 1.41. The van der Waals surface area contributed by atoms with Gasteiger partial charge in [-0.25, -0.2) is 0 Å². The molecule has 8 heteroatoms. The van der Waals surface area contributed by atoms with Crippen LogP contribution in [0, 0.1) is 0 Å². The van der Waals surface area contributed by atoms with E-state index in [-0.39, 0.29) is 24.4 Å². The summed E-state index contributed by atoms with van der Waals surface area (Å²) in [5.41, 5.74) is 0.638. The summed E-state index contributed by atoms with van der Waals surface area (Å²) in [6.07, 6.45) is 0. The Hall–Kier alpha value is -3.55. The zero-order valence-electron chi connectivity index (χ0n) is 17.6. The Morgan fingerprint density at radius 3 is 2.17 bits per heavy atom. The molecule has 0 aliphatic heterocycles. The van der Waals surface area contributed by atoms with Crippen LogP contribution in [0.15, 0.2) is 46.9 Å². The Morgan fingerprint density at radius 1 is 0.967 bits per heavy atom. The second-order valence-electron chi connectivity index (χ2n) is 6.98. The van der Waals surface area contributed by atoms with Crippen LogP contribution < -0.4 is 14.2 Å². The number of ether oxygens (including phenoxy) is 4. The number of aromatic nitrogens is 2. The molecule has 0 bridgehead atoms. The minimum absolute atomic E-state index is 0.132. The monoisotopic (exact) mass is 412 g/mol. The predicted octanol–water partition coefficient (Wildman–Crippen LogP) is 3.78. The molecule has 0 fully saturated rings. The molecule has 0 amide bonds. The van der Waals surface area contributed by atoms with Crippen molar-refractivity contribution >= 4 is 5.97 Å². The first-order valence-corrected chi connectivity index (χ1v) is 9.26. The van der Waals surface area contributed by atoms with E-state index in [0.29, 0.717) is 22.8 Å². The van der Waals surface area contributed by atoms with Crippen LogP contribution >= 0.6 is 0 Å². The fraction of sp³-hybridized carbons (Fsp3) is 0.318. The van der Waals surface area contributed by atoms with Gasteiger partial charge in [0.1, 0.15) is 0 Å². The second kappa shape index (κ2) is 8.86. The third kappa shape index (κ3) is 4.22. The Labute approximate surface area is 174 Å². The van der Waals surface area contributed by atoms with Gasteiger partial charge in [-0.15, -0.1) is 10.2 Å². The van der Waals surface area contributed by atoms with Gasteiger partial charge in [0.25, 0.3) is 5.89 Å². The first kappa shape index (κ1) is 21.2. The molecule has 3 aromatic rings. The summed E-state index contributed by atoms with van der Waals surface area (Å²) in [7, 11) is 4.57. The molecule has 0 aliphatic rings. The number of carbonyl (C=O) groups is 1. The Kier molecular flexibility index (Phi) is 6.25. The van der Waals surface area contributed by atoms with Crippen LogP contribution in [0.1, 0.15) is 25.3 Å². The number of esters is 1. The molecular formula is C22H24N2O6. The van der Waals surface area contributed by atoms with Crippen LogP contribution in [0.5, 0.6) is 17.2 Å². The molecule has 0 radical (unpaired) electrons. The lowest BCUT2D eigenvalue weighted by Crippen LogP contribution is -2.30. The molecule has 0 saturated heterocycles. The van der Waals surface area contributed by atoms with Crippen LogP contribution in [-0.4, -0.2) is 37.5 Å². The highest BCUT2D eigenvalue weighted by molar-refractivity contribution is 5.82. The maximum Gasteiger partial charge on any atom is 0.316 e. The molecule has 30 heavy (non-hydrogen) atoms. The molecule has 158 valence electrons. The lowest BCUT2D eigenvalue weighted by atomic mass is 9.85. The van der Waals surface area contributed by atoms with E-state index in [1.165, 1.54) is 21.3 Å². The molecule has 0 spiro atoms. The maximum atomic E-state index is 12.6. The quantitative estimate of drug-likeness (QED) is 0.516. The molecule has 0 unspecified atom stereocenters. The van der Waals surface area contributed by atoms with Crippen LogP contribution in [0.3, 0.4) is 0 Å². The highest BCUT2D eigenvalue weighted by Gasteiger charge is 2.31. The van der Waals surface area contributed by atoms with Crippen molar-refractivity contribution in [1.29, 1.82) is 0 Å². The summed E-state index contributed by atoms with van der Waals surface area (Å²) in [6, 6.07) is 12.8. The number of benzene rings is 2. The highest BCUT2D eigenvalue weighted by Crippen LogP contribution is 2.40. The normalized spacial score (nSPS) is 11.1. The van der Waals surface area contributed by atoms with Crippen molar-refractivity contribution in [3.8, 4) is 28.7 Å². The highest BCUT2D eigenvalue weighted by atomic mass is 16.5. The SMILES string of the molecule is COc1cc(-c2nnc(COC(=O)C(C)(C)c3ccccc3)o2)cc(OC)c1OC. The zero-order valence-corrected chi connectivity index (χ0v) is 17.6. The Balaban J connectivity index is 1.75. The van der Waals surface area contributed by atoms with E-state index in [0.717, 1.165) is 5.56 Å². The number of hydrogen-bond donors (Lipinski definition) is 0. The van der Waals surface area contributed by atoms with Gasteiger partial charge in [0, 0.05) is 5.56 Å². The average Bonchev–Trinajstić information content (AvgIpc) is 3.25. The first-order chi connectivity index (χ1) is 14.4. The number of hydrogen-bond acceptors (Lipinski definition) is 8.